The van der Waals surface area contributed by atoms with Crippen LogP contribution in [-0.2, 0) is 6.61 Å². The maximum absolute atomic E-state index is 5.79. The summed E-state index contributed by atoms with van der Waals surface area (Å²) in [5.41, 5.74) is 0.781. The lowest BCUT2D eigenvalue weighted by atomic mass is 10.3. The number of hydrogen-bond donors (Lipinski definition) is 0. The minimum atomic E-state index is 0.362. The topological polar surface area (TPSA) is 31.4 Å². The third-order valence-electron chi connectivity index (χ3n) is 2.22. The summed E-state index contributed by atoms with van der Waals surface area (Å²) in [6, 6.07) is 12.9. The Hall–Kier alpha value is -1.74. The molecule has 0 aliphatic heterocycles. The highest BCUT2D eigenvalue weighted by atomic mass is 35.5. The Labute approximate surface area is 105 Å². The van der Waals surface area contributed by atoms with Gasteiger partial charge < -0.3 is 9.47 Å². The van der Waals surface area contributed by atoms with Gasteiger partial charge >= 0.3 is 0 Å². The highest BCUT2D eigenvalue weighted by molar-refractivity contribution is 6.29. The quantitative estimate of drug-likeness (QED) is 0.779. The van der Waals surface area contributed by atoms with E-state index in [-0.39, 0.29) is 0 Å². The average molecular weight is 250 g/mol. The number of aromatic nitrogens is 1. The molecule has 0 bridgehead atoms. The number of nitrogens with zero attached hydrogens (tertiary/aromatic N) is 1. The first kappa shape index (κ1) is 11.7. The molecule has 1 aromatic carbocycles. The Balaban J connectivity index is 2.07. The standard InChI is InChI=1S/C13H12ClNO2/c1-16-11-6-2-3-7-12(11)17-9-10-5-4-8-13(14)15-10/h2-8H,9H2,1H3. The lowest BCUT2D eigenvalue weighted by molar-refractivity contribution is 0.281. The largest absolute Gasteiger partial charge is 0.493 e. The van der Waals surface area contributed by atoms with E-state index in [1.54, 1.807) is 13.2 Å². The fourth-order valence-corrected chi connectivity index (χ4v) is 1.60. The zero-order valence-corrected chi connectivity index (χ0v) is 10.1. The molecule has 0 saturated carbocycles. The maximum Gasteiger partial charge on any atom is 0.161 e. The SMILES string of the molecule is COc1ccccc1OCc1cccc(Cl)n1. The fraction of sp³-hybridized carbons (Fsp3) is 0.154. The van der Waals surface area contributed by atoms with Gasteiger partial charge in [-0.15, -0.1) is 0 Å². The molecule has 0 fully saturated rings. The first-order chi connectivity index (χ1) is 8.29. The molecule has 2 aromatic rings. The van der Waals surface area contributed by atoms with Crippen molar-refractivity contribution in [2.45, 2.75) is 6.61 Å². The summed E-state index contributed by atoms with van der Waals surface area (Å²) in [5.74, 6) is 1.39. The van der Waals surface area contributed by atoms with E-state index in [0.29, 0.717) is 23.3 Å². The van der Waals surface area contributed by atoms with Gasteiger partial charge in [-0.2, -0.15) is 0 Å². The van der Waals surface area contributed by atoms with Gasteiger partial charge in [0.2, 0.25) is 0 Å². The van der Waals surface area contributed by atoms with E-state index in [4.69, 9.17) is 21.1 Å². The minimum absolute atomic E-state index is 0.362. The second kappa shape index (κ2) is 5.55. The monoisotopic (exact) mass is 249 g/mol. The predicted octanol–water partition coefficient (Wildman–Crippen LogP) is 3.32. The van der Waals surface area contributed by atoms with Crippen molar-refractivity contribution >= 4 is 11.6 Å². The van der Waals surface area contributed by atoms with Gasteiger partial charge in [-0.05, 0) is 24.3 Å². The van der Waals surface area contributed by atoms with Crippen molar-refractivity contribution in [2.24, 2.45) is 0 Å². The molecule has 1 aromatic heterocycles. The molecular weight excluding hydrogens is 238 g/mol. The fourth-order valence-electron chi connectivity index (χ4n) is 1.42. The van der Waals surface area contributed by atoms with Gasteiger partial charge in [0.05, 0.1) is 12.8 Å². The lowest BCUT2D eigenvalue weighted by Gasteiger charge is -2.09. The predicted molar refractivity (Wildman–Crippen MR) is 66.6 cm³/mol. The molecule has 0 atom stereocenters. The van der Waals surface area contributed by atoms with Gasteiger partial charge in [0.15, 0.2) is 11.5 Å². The summed E-state index contributed by atoms with van der Waals surface area (Å²) in [5, 5.41) is 0.464. The van der Waals surface area contributed by atoms with Crippen LogP contribution in [-0.4, -0.2) is 12.1 Å². The molecule has 17 heavy (non-hydrogen) atoms. The number of para-hydroxylation sites is 2. The van der Waals surface area contributed by atoms with Crippen LogP contribution < -0.4 is 9.47 Å². The van der Waals surface area contributed by atoms with E-state index < -0.39 is 0 Å². The molecule has 3 nitrogen and oxygen atoms in total. The van der Waals surface area contributed by atoms with E-state index in [2.05, 4.69) is 4.98 Å². The summed E-state index contributed by atoms with van der Waals surface area (Å²) < 4.78 is 10.8. The molecule has 2 rings (SSSR count). The van der Waals surface area contributed by atoms with Crippen molar-refractivity contribution in [3.63, 3.8) is 0 Å². The summed E-state index contributed by atoms with van der Waals surface area (Å²) in [6.07, 6.45) is 0. The van der Waals surface area contributed by atoms with Crippen LogP contribution in [0.5, 0.6) is 11.5 Å². The number of benzene rings is 1. The van der Waals surface area contributed by atoms with Crippen molar-refractivity contribution in [1.82, 2.24) is 4.98 Å². The average Bonchev–Trinajstić information content (AvgIpc) is 2.37. The highest BCUT2D eigenvalue weighted by Gasteiger charge is 2.03. The van der Waals surface area contributed by atoms with Crippen molar-refractivity contribution in [3.05, 3.63) is 53.3 Å². The zero-order valence-electron chi connectivity index (χ0n) is 9.39. The van der Waals surface area contributed by atoms with Crippen LogP contribution in [0.15, 0.2) is 42.5 Å². The van der Waals surface area contributed by atoms with Gasteiger partial charge in [0, 0.05) is 0 Å². The number of halogens is 1. The Bertz CT molecular complexity index is 502. The van der Waals surface area contributed by atoms with Crippen molar-refractivity contribution in [3.8, 4) is 11.5 Å². The Morgan fingerprint density at radius 3 is 2.53 bits per heavy atom. The Kier molecular flexibility index (Phi) is 3.83. The van der Waals surface area contributed by atoms with Gasteiger partial charge in [-0.25, -0.2) is 4.98 Å². The third-order valence-corrected chi connectivity index (χ3v) is 2.43. The number of methoxy groups -OCH3 is 1. The summed E-state index contributed by atoms with van der Waals surface area (Å²) in [4.78, 5) is 4.14. The first-order valence-electron chi connectivity index (χ1n) is 5.17. The molecule has 0 spiro atoms. The molecule has 0 aliphatic carbocycles. The smallest absolute Gasteiger partial charge is 0.161 e. The molecule has 1 heterocycles. The van der Waals surface area contributed by atoms with Crippen molar-refractivity contribution < 1.29 is 9.47 Å². The molecule has 0 radical (unpaired) electrons. The van der Waals surface area contributed by atoms with E-state index in [1.807, 2.05) is 36.4 Å². The summed E-state index contributed by atoms with van der Waals surface area (Å²) in [7, 11) is 1.61. The van der Waals surface area contributed by atoms with Crippen LogP contribution in [0.4, 0.5) is 0 Å². The minimum Gasteiger partial charge on any atom is -0.493 e. The lowest BCUT2D eigenvalue weighted by Crippen LogP contribution is -1.99. The molecule has 4 heteroatoms. The molecule has 0 aliphatic rings. The van der Waals surface area contributed by atoms with Gasteiger partial charge in [0.1, 0.15) is 11.8 Å². The zero-order chi connectivity index (χ0) is 12.1. The molecule has 88 valence electrons. The summed E-state index contributed by atoms with van der Waals surface area (Å²) in [6.45, 7) is 0.362. The van der Waals surface area contributed by atoms with E-state index in [9.17, 15) is 0 Å². The van der Waals surface area contributed by atoms with Crippen LogP contribution >= 0.6 is 11.6 Å². The number of pyridine rings is 1. The molecule has 0 amide bonds. The van der Waals surface area contributed by atoms with Crippen LogP contribution in [0.3, 0.4) is 0 Å². The molecule has 0 unspecified atom stereocenters. The van der Waals surface area contributed by atoms with Crippen LogP contribution in [0.25, 0.3) is 0 Å². The van der Waals surface area contributed by atoms with Crippen molar-refractivity contribution in [2.75, 3.05) is 7.11 Å². The normalized spacial score (nSPS) is 10.0. The Morgan fingerprint density at radius 2 is 1.82 bits per heavy atom. The van der Waals surface area contributed by atoms with Crippen LogP contribution in [0.1, 0.15) is 5.69 Å². The number of hydrogen-bond acceptors (Lipinski definition) is 3. The molecular formula is C13H12ClNO2. The van der Waals surface area contributed by atoms with E-state index >= 15 is 0 Å². The highest BCUT2D eigenvalue weighted by Crippen LogP contribution is 2.26. The first-order valence-corrected chi connectivity index (χ1v) is 5.54. The third kappa shape index (κ3) is 3.11. The van der Waals surface area contributed by atoms with E-state index in [0.717, 1.165) is 5.69 Å². The second-order valence-electron chi connectivity index (χ2n) is 3.39. The van der Waals surface area contributed by atoms with Crippen LogP contribution in [0.2, 0.25) is 5.15 Å². The van der Waals surface area contributed by atoms with Gasteiger partial charge in [-0.3, -0.25) is 0 Å². The molecule has 0 saturated heterocycles. The Morgan fingerprint density at radius 1 is 1.06 bits per heavy atom. The molecule has 0 N–H and O–H groups in total. The van der Waals surface area contributed by atoms with Gasteiger partial charge in [0.25, 0.3) is 0 Å². The van der Waals surface area contributed by atoms with Crippen LogP contribution in [0, 0.1) is 0 Å². The summed E-state index contributed by atoms with van der Waals surface area (Å²) >= 11 is 5.79. The van der Waals surface area contributed by atoms with E-state index in [1.165, 1.54) is 0 Å². The second-order valence-corrected chi connectivity index (χ2v) is 3.78. The van der Waals surface area contributed by atoms with Gasteiger partial charge in [-0.1, -0.05) is 29.8 Å². The maximum atomic E-state index is 5.79. The number of rotatable bonds is 4. The number of ether oxygens (including phenoxy) is 2. The van der Waals surface area contributed by atoms with Crippen molar-refractivity contribution in [1.29, 1.82) is 0 Å².